The number of carbonyl (C=O) groups is 4. The normalized spacial score (nSPS) is 16.6. The highest BCUT2D eigenvalue weighted by molar-refractivity contribution is 7.92. The number of hydrogen-bond acceptors (Lipinski definition) is 10. The molecule has 1 heterocycles. The van der Waals surface area contributed by atoms with E-state index in [0.29, 0.717) is 22.7 Å². The highest BCUT2D eigenvalue weighted by Crippen LogP contribution is 2.44. The molecule has 1 aliphatic heterocycles. The lowest BCUT2D eigenvalue weighted by atomic mass is 9.92. The lowest BCUT2D eigenvalue weighted by molar-refractivity contribution is -0.143. The Labute approximate surface area is 278 Å². The van der Waals surface area contributed by atoms with Crippen LogP contribution in [-0.2, 0) is 24.2 Å². The van der Waals surface area contributed by atoms with Crippen LogP contribution in [0.4, 0.5) is 16.2 Å². The summed E-state index contributed by atoms with van der Waals surface area (Å²) < 4.78 is 42.8. The summed E-state index contributed by atoms with van der Waals surface area (Å²) in [7, 11) is 0.0412. The molecular weight excluding hydrogens is 644 g/mol. The van der Waals surface area contributed by atoms with Crippen LogP contribution in [0.5, 0.6) is 11.5 Å². The van der Waals surface area contributed by atoms with Gasteiger partial charge >= 0.3 is 12.1 Å². The van der Waals surface area contributed by atoms with Crippen LogP contribution in [0.15, 0.2) is 65.6 Å². The second-order valence-corrected chi connectivity index (χ2v) is 13.8. The number of benzene rings is 3. The van der Waals surface area contributed by atoms with Crippen molar-refractivity contribution >= 4 is 45.1 Å². The molecule has 48 heavy (non-hydrogen) atoms. The zero-order valence-corrected chi connectivity index (χ0v) is 27.9. The van der Waals surface area contributed by atoms with E-state index in [0.717, 1.165) is 7.11 Å². The molecule has 1 fully saturated rings. The Morgan fingerprint density at radius 1 is 0.938 bits per heavy atom. The average molecular weight is 683 g/mol. The maximum Gasteiger partial charge on any atom is 0.411 e. The number of nitrogens with one attached hydrogen (secondary N) is 2. The number of carboxylic acid groups (broad SMARTS) is 1. The third-order valence-electron chi connectivity index (χ3n) is 8.13. The number of sulfone groups is 1. The molecule has 0 bridgehead atoms. The molecule has 0 aromatic heterocycles. The van der Waals surface area contributed by atoms with Crippen molar-refractivity contribution in [2.24, 2.45) is 11.7 Å². The highest BCUT2D eigenvalue weighted by atomic mass is 32.2. The van der Waals surface area contributed by atoms with Crippen LogP contribution in [0.3, 0.4) is 0 Å². The van der Waals surface area contributed by atoms with Crippen molar-refractivity contribution in [2.75, 3.05) is 38.5 Å². The molecule has 3 amide bonds. The summed E-state index contributed by atoms with van der Waals surface area (Å²) in [4.78, 5) is 52.6. The van der Waals surface area contributed by atoms with E-state index in [9.17, 15) is 32.7 Å². The molecule has 256 valence electrons. The summed E-state index contributed by atoms with van der Waals surface area (Å²) in [5.41, 5.74) is 6.60. The Bertz CT molecular complexity index is 1830. The van der Waals surface area contributed by atoms with E-state index in [2.05, 4.69) is 15.4 Å². The van der Waals surface area contributed by atoms with Crippen molar-refractivity contribution < 1.29 is 46.9 Å². The molecule has 0 saturated carbocycles. The van der Waals surface area contributed by atoms with Crippen LogP contribution < -0.4 is 25.8 Å². The van der Waals surface area contributed by atoms with Gasteiger partial charge in [-0.05, 0) is 79.9 Å². The number of ether oxygens (including phenoxy) is 3. The number of carbonyl (C=O) groups excluding carboxylic acids is 3. The number of rotatable bonds is 12. The molecule has 3 atom stereocenters. The molecule has 0 aliphatic carbocycles. The number of aliphatic carboxylic acids is 1. The Hall–Kier alpha value is -5.31. The van der Waals surface area contributed by atoms with Gasteiger partial charge < -0.3 is 35.3 Å². The molecule has 0 radical (unpaired) electrons. The van der Waals surface area contributed by atoms with Crippen LogP contribution in [0.1, 0.15) is 53.8 Å². The Morgan fingerprint density at radius 3 is 2.25 bits per heavy atom. The van der Waals surface area contributed by atoms with Crippen molar-refractivity contribution in [3.8, 4) is 11.5 Å². The van der Waals surface area contributed by atoms with Crippen molar-refractivity contribution in [2.45, 2.75) is 42.5 Å². The van der Waals surface area contributed by atoms with Gasteiger partial charge in [0.2, 0.25) is 11.8 Å². The van der Waals surface area contributed by atoms with E-state index < -0.39 is 57.0 Å². The molecule has 4 rings (SSSR count). The van der Waals surface area contributed by atoms with Gasteiger partial charge in [-0.15, -0.1) is 0 Å². The smallest absolute Gasteiger partial charge is 0.411 e. The summed E-state index contributed by atoms with van der Waals surface area (Å²) in [5, 5.41) is 15.1. The third-order valence-corrected chi connectivity index (χ3v) is 10.4. The number of methoxy groups -OCH3 is 3. The monoisotopic (exact) mass is 682 g/mol. The number of amides is 3. The maximum absolute atomic E-state index is 14.7. The predicted octanol–water partition coefficient (Wildman–Crippen LogP) is 3.99. The molecule has 5 N–H and O–H groups in total. The first kappa shape index (κ1) is 35.5. The number of hydrogen-bond donors (Lipinski definition) is 4. The number of nitrogens with two attached hydrogens (primary N) is 1. The first-order valence-electron chi connectivity index (χ1n) is 14.9. The molecule has 14 nitrogen and oxygen atoms in total. The van der Waals surface area contributed by atoms with Crippen molar-refractivity contribution in [3.63, 3.8) is 0 Å². The molecule has 1 saturated heterocycles. The van der Waals surface area contributed by atoms with E-state index in [4.69, 9.17) is 15.2 Å². The van der Waals surface area contributed by atoms with Gasteiger partial charge in [0.25, 0.3) is 0 Å². The Morgan fingerprint density at radius 2 is 1.65 bits per heavy atom. The lowest BCUT2D eigenvalue weighted by Gasteiger charge is -2.33. The number of primary amides is 1. The second kappa shape index (κ2) is 14.6. The van der Waals surface area contributed by atoms with Gasteiger partial charge in [-0.2, -0.15) is 0 Å². The molecule has 15 heteroatoms. The van der Waals surface area contributed by atoms with Crippen LogP contribution in [0, 0.1) is 5.92 Å². The summed E-state index contributed by atoms with van der Waals surface area (Å²) >= 11 is 0. The van der Waals surface area contributed by atoms with Gasteiger partial charge in [0, 0.05) is 23.5 Å². The van der Waals surface area contributed by atoms with Gasteiger partial charge in [-0.1, -0.05) is 12.1 Å². The van der Waals surface area contributed by atoms with Crippen LogP contribution >= 0.6 is 0 Å². The minimum Gasteiger partial charge on any atom is -0.493 e. The summed E-state index contributed by atoms with van der Waals surface area (Å²) in [6.45, 7) is 2.94. The first-order valence-corrected chi connectivity index (χ1v) is 16.4. The number of anilines is 2. The molecule has 1 unspecified atom stereocenters. The van der Waals surface area contributed by atoms with Crippen molar-refractivity contribution in [1.29, 1.82) is 0 Å². The predicted molar refractivity (Wildman–Crippen MR) is 176 cm³/mol. The molecule has 3 aromatic rings. The zero-order valence-electron chi connectivity index (χ0n) is 27.1. The number of nitrogens with zero attached hydrogens (tertiary/aromatic N) is 1. The third kappa shape index (κ3) is 7.30. The van der Waals surface area contributed by atoms with Gasteiger partial charge in [0.1, 0.15) is 6.04 Å². The van der Waals surface area contributed by atoms with E-state index in [1.54, 1.807) is 30.3 Å². The molecule has 0 spiro atoms. The lowest BCUT2D eigenvalue weighted by Crippen LogP contribution is -2.40. The Balaban J connectivity index is 1.92. The topological polar surface area (TPSA) is 204 Å². The van der Waals surface area contributed by atoms with E-state index in [1.807, 2.05) is 0 Å². The summed E-state index contributed by atoms with van der Waals surface area (Å²) in [6.07, 6.45) is -0.817. The zero-order chi connectivity index (χ0) is 35.3. The van der Waals surface area contributed by atoms with Crippen molar-refractivity contribution in [3.05, 3.63) is 77.4 Å². The minimum atomic E-state index is -4.01. The molecule has 3 aromatic carbocycles. The fourth-order valence-corrected chi connectivity index (χ4v) is 6.91. The van der Waals surface area contributed by atoms with Gasteiger partial charge in [-0.3, -0.25) is 19.7 Å². The first-order chi connectivity index (χ1) is 22.7. The standard InChI is InChI=1S/C33H38N4O10S/c1-18(2)48(43,44)27-12-10-22(36-33(42)47-5)17-24(27)29-23(32(40)41)13-14-37(29)31(39)28(19-9-11-25(45-3)26(16-19)46-4)35-21-8-6-7-20(15-21)30(34)38/h6-12,15-18,23,28-29,35H,13-14H2,1-5H3,(H2,34,38)(H,36,42)(H,40,41)/t23-,28?,29+/m0/s1. The number of likely N-dealkylation sites (tertiary alicyclic amines) is 1. The summed E-state index contributed by atoms with van der Waals surface area (Å²) in [5.74, 6) is -3.01. The quantitative estimate of drug-likeness (QED) is 0.215. The van der Waals surface area contributed by atoms with E-state index >= 15 is 0 Å². The average Bonchev–Trinajstić information content (AvgIpc) is 3.52. The van der Waals surface area contributed by atoms with E-state index in [-0.39, 0.29) is 34.7 Å². The molecule has 1 aliphatic rings. The second-order valence-electron chi connectivity index (χ2n) is 11.3. The van der Waals surface area contributed by atoms with Crippen LogP contribution in [0.2, 0.25) is 0 Å². The van der Waals surface area contributed by atoms with Gasteiger partial charge in [0.05, 0.1) is 43.4 Å². The van der Waals surface area contributed by atoms with Crippen LogP contribution in [-0.4, -0.2) is 75.4 Å². The SMILES string of the molecule is COC(=O)Nc1ccc(S(=O)(=O)C(C)C)c([C@H]2[C@@H](C(=O)O)CCN2C(=O)C(Nc2cccc(C(N)=O)c2)c2ccc(OC)c(OC)c2)c1. The highest BCUT2D eigenvalue weighted by Gasteiger charge is 2.46. The van der Waals surface area contributed by atoms with Gasteiger partial charge in [-0.25, -0.2) is 13.2 Å². The summed E-state index contributed by atoms with van der Waals surface area (Å²) in [6, 6.07) is 12.6. The van der Waals surface area contributed by atoms with E-state index in [1.165, 1.54) is 63.3 Å². The number of carboxylic acids is 1. The van der Waals surface area contributed by atoms with Gasteiger partial charge in [0.15, 0.2) is 21.3 Å². The van der Waals surface area contributed by atoms with Crippen molar-refractivity contribution in [1.82, 2.24) is 4.90 Å². The maximum atomic E-state index is 14.7. The molecular formula is C33H38N4O10S. The Kier molecular flexibility index (Phi) is 10.8. The minimum absolute atomic E-state index is 0.0113. The largest absolute Gasteiger partial charge is 0.493 e. The van der Waals surface area contributed by atoms with Crippen LogP contribution in [0.25, 0.3) is 0 Å². The fourth-order valence-electron chi connectivity index (χ4n) is 5.64. The fraction of sp³-hybridized carbons (Fsp3) is 0.333.